The lowest BCUT2D eigenvalue weighted by molar-refractivity contribution is -0.153. The van der Waals surface area contributed by atoms with Gasteiger partial charge in [0.25, 0.3) is 5.91 Å². The highest BCUT2D eigenvalue weighted by Crippen LogP contribution is 2.42. The minimum absolute atomic E-state index is 0.393. The maximum atomic E-state index is 13.7. The molecule has 0 bridgehead atoms. The van der Waals surface area contributed by atoms with Crippen LogP contribution in [0.25, 0.3) is 11.3 Å². The molecule has 0 atom stereocenters. The first-order valence-corrected chi connectivity index (χ1v) is 11.2. The largest absolute Gasteiger partial charge is 0.497 e. The van der Waals surface area contributed by atoms with Crippen LogP contribution in [0.3, 0.4) is 0 Å². The normalized spacial score (nSPS) is 14.7. The molecule has 2 aromatic carbocycles. The second kappa shape index (κ2) is 9.48. The van der Waals surface area contributed by atoms with Crippen molar-refractivity contribution in [3.05, 3.63) is 65.3 Å². The minimum atomic E-state index is -0.898. The van der Waals surface area contributed by atoms with Gasteiger partial charge in [-0.1, -0.05) is 25.0 Å². The van der Waals surface area contributed by atoms with Crippen LogP contribution in [0.5, 0.6) is 5.75 Å². The fourth-order valence-electron chi connectivity index (χ4n) is 4.03. The molecule has 1 aromatic heterocycles. The van der Waals surface area contributed by atoms with E-state index < -0.39 is 29.7 Å². The van der Waals surface area contributed by atoms with Gasteiger partial charge < -0.3 is 9.47 Å². The number of aromatic nitrogens is 1. The summed E-state index contributed by atoms with van der Waals surface area (Å²) in [6, 6.07) is 13.5. The number of hydrogen-bond donors (Lipinski definition) is 1. The highest BCUT2D eigenvalue weighted by molar-refractivity contribution is 7.14. The van der Waals surface area contributed by atoms with Crippen LogP contribution >= 0.6 is 11.3 Å². The highest BCUT2D eigenvalue weighted by atomic mass is 32.1. The van der Waals surface area contributed by atoms with Crippen LogP contribution in [0.15, 0.2) is 53.9 Å². The van der Waals surface area contributed by atoms with E-state index in [1.165, 1.54) is 23.5 Å². The summed E-state index contributed by atoms with van der Waals surface area (Å²) in [5, 5.41) is 4.92. The number of nitrogens with one attached hydrogen (secondary N) is 1. The van der Waals surface area contributed by atoms with Crippen LogP contribution in [0, 0.1) is 5.82 Å². The van der Waals surface area contributed by atoms with Crippen molar-refractivity contribution in [3.8, 4) is 17.0 Å². The number of carbonyl (C=O) groups is 2. The van der Waals surface area contributed by atoms with Gasteiger partial charge in [0, 0.05) is 10.9 Å². The number of anilines is 1. The summed E-state index contributed by atoms with van der Waals surface area (Å²) in [5.41, 5.74) is 1.32. The lowest BCUT2D eigenvalue weighted by atomic mass is 9.79. The van der Waals surface area contributed by atoms with Crippen molar-refractivity contribution < 1.29 is 23.5 Å². The Balaban J connectivity index is 1.37. The van der Waals surface area contributed by atoms with E-state index >= 15 is 0 Å². The average molecular weight is 455 g/mol. The van der Waals surface area contributed by atoms with E-state index in [9.17, 15) is 14.0 Å². The number of carbonyl (C=O) groups excluding carboxylic acids is 2. The molecule has 6 nitrogen and oxygen atoms in total. The van der Waals surface area contributed by atoms with Crippen molar-refractivity contribution in [2.45, 2.75) is 31.1 Å². The predicted molar refractivity (Wildman–Crippen MR) is 120 cm³/mol. The Labute approximate surface area is 189 Å². The number of benzene rings is 2. The van der Waals surface area contributed by atoms with Gasteiger partial charge in [-0.25, -0.2) is 9.37 Å². The van der Waals surface area contributed by atoms with Crippen LogP contribution in [0.1, 0.15) is 31.2 Å². The molecule has 1 N–H and O–H groups in total. The van der Waals surface area contributed by atoms with Gasteiger partial charge in [-0.2, -0.15) is 0 Å². The first-order chi connectivity index (χ1) is 15.5. The summed E-state index contributed by atoms with van der Waals surface area (Å²) in [4.78, 5) is 29.7. The monoisotopic (exact) mass is 454 g/mol. The number of esters is 1. The molecule has 1 aliphatic rings. The van der Waals surface area contributed by atoms with Gasteiger partial charge in [-0.3, -0.25) is 14.9 Å². The van der Waals surface area contributed by atoms with Crippen molar-refractivity contribution in [1.29, 1.82) is 0 Å². The SMILES string of the molecule is COc1ccc(-c2csc(NC(=O)COC(=O)C3(c4cccc(F)c4)CCCC3)n2)cc1. The Morgan fingerprint density at radius 3 is 2.59 bits per heavy atom. The van der Waals surface area contributed by atoms with E-state index in [1.807, 2.05) is 29.6 Å². The quantitative estimate of drug-likeness (QED) is 0.511. The Morgan fingerprint density at radius 2 is 1.91 bits per heavy atom. The summed E-state index contributed by atoms with van der Waals surface area (Å²) < 4.78 is 24.3. The zero-order valence-electron chi connectivity index (χ0n) is 17.6. The first-order valence-electron chi connectivity index (χ1n) is 10.3. The third-order valence-corrected chi connectivity index (χ3v) is 6.45. The van der Waals surface area contributed by atoms with Crippen molar-refractivity contribution in [3.63, 3.8) is 0 Å². The fourth-order valence-corrected chi connectivity index (χ4v) is 4.76. The van der Waals surface area contributed by atoms with Gasteiger partial charge in [0.15, 0.2) is 11.7 Å². The molecule has 32 heavy (non-hydrogen) atoms. The lowest BCUT2D eigenvalue weighted by Gasteiger charge is -2.27. The van der Waals surface area contributed by atoms with Crippen molar-refractivity contribution in [2.75, 3.05) is 19.0 Å². The molecule has 1 fully saturated rings. The Morgan fingerprint density at radius 1 is 1.16 bits per heavy atom. The van der Waals surface area contributed by atoms with Crippen molar-refractivity contribution >= 4 is 28.3 Å². The number of halogens is 1. The van der Waals surface area contributed by atoms with Gasteiger partial charge in [-0.05, 0) is 54.8 Å². The maximum absolute atomic E-state index is 13.7. The summed E-state index contributed by atoms with van der Waals surface area (Å²) in [5.74, 6) is -0.608. The number of thiazole rings is 1. The van der Waals surface area contributed by atoms with Gasteiger partial charge in [0.1, 0.15) is 11.6 Å². The Hall–Kier alpha value is -3.26. The topological polar surface area (TPSA) is 77.5 Å². The number of ether oxygens (including phenoxy) is 2. The number of nitrogens with zero attached hydrogens (tertiary/aromatic N) is 1. The zero-order chi connectivity index (χ0) is 22.6. The van der Waals surface area contributed by atoms with E-state index in [1.54, 1.807) is 19.2 Å². The van der Waals surface area contributed by atoms with Crippen LogP contribution in [0.4, 0.5) is 9.52 Å². The van der Waals surface area contributed by atoms with Gasteiger partial charge in [-0.15, -0.1) is 11.3 Å². The van der Waals surface area contributed by atoms with E-state index in [0.717, 1.165) is 29.8 Å². The molecule has 3 aromatic rings. The van der Waals surface area contributed by atoms with Crippen molar-refractivity contribution in [1.82, 2.24) is 4.98 Å². The second-order valence-corrected chi connectivity index (χ2v) is 8.55. The third kappa shape index (κ3) is 4.65. The Bertz CT molecular complexity index is 1110. The van der Waals surface area contributed by atoms with Gasteiger partial charge in [0.2, 0.25) is 0 Å². The maximum Gasteiger partial charge on any atom is 0.317 e. The van der Waals surface area contributed by atoms with Crippen LogP contribution in [-0.4, -0.2) is 30.6 Å². The Kier molecular flexibility index (Phi) is 6.50. The molecule has 0 radical (unpaired) electrons. The minimum Gasteiger partial charge on any atom is -0.497 e. The number of methoxy groups -OCH3 is 1. The molecule has 1 heterocycles. The van der Waals surface area contributed by atoms with E-state index in [0.29, 0.717) is 23.5 Å². The predicted octanol–water partition coefficient (Wildman–Crippen LogP) is 4.95. The second-order valence-electron chi connectivity index (χ2n) is 7.69. The van der Waals surface area contributed by atoms with E-state index in [4.69, 9.17) is 9.47 Å². The molecule has 1 saturated carbocycles. The molecule has 4 rings (SSSR count). The molecule has 0 unspecified atom stereocenters. The molecule has 0 aliphatic heterocycles. The summed E-state index contributed by atoms with van der Waals surface area (Å²) >= 11 is 1.28. The lowest BCUT2D eigenvalue weighted by Crippen LogP contribution is -2.36. The van der Waals surface area contributed by atoms with Gasteiger partial charge in [0.05, 0.1) is 18.2 Å². The summed E-state index contributed by atoms with van der Waals surface area (Å²) in [7, 11) is 1.60. The van der Waals surface area contributed by atoms with Crippen LogP contribution in [0.2, 0.25) is 0 Å². The number of hydrogen-bond acceptors (Lipinski definition) is 6. The van der Waals surface area contributed by atoms with Crippen molar-refractivity contribution in [2.24, 2.45) is 0 Å². The van der Waals surface area contributed by atoms with E-state index in [2.05, 4.69) is 10.3 Å². The van der Waals surface area contributed by atoms with Gasteiger partial charge >= 0.3 is 5.97 Å². The molecule has 1 aliphatic carbocycles. The molecule has 0 saturated heterocycles. The highest BCUT2D eigenvalue weighted by Gasteiger charge is 2.44. The van der Waals surface area contributed by atoms with Crippen LogP contribution in [-0.2, 0) is 19.7 Å². The molecule has 166 valence electrons. The molecular formula is C24H23FN2O4S. The fraction of sp³-hybridized carbons (Fsp3) is 0.292. The summed E-state index contributed by atoms with van der Waals surface area (Å²) in [6.07, 6.45) is 2.86. The molecular weight excluding hydrogens is 431 g/mol. The standard InChI is InChI=1S/C24H23FN2O4S/c1-30-19-9-7-16(8-10-19)20-15-32-23(26-20)27-21(28)14-31-22(29)24(11-2-3-12-24)17-5-4-6-18(25)13-17/h4-10,13,15H,2-3,11-12,14H2,1H3,(H,26,27,28). The molecule has 0 spiro atoms. The molecule has 8 heteroatoms. The zero-order valence-corrected chi connectivity index (χ0v) is 18.4. The first kappa shape index (κ1) is 22.0. The summed E-state index contributed by atoms with van der Waals surface area (Å²) in [6.45, 7) is -0.423. The number of rotatable bonds is 7. The third-order valence-electron chi connectivity index (χ3n) is 5.70. The number of amides is 1. The molecule has 1 amide bonds. The average Bonchev–Trinajstić information content (AvgIpc) is 3.48. The van der Waals surface area contributed by atoms with Crippen LogP contribution < -0.4 is 10.1 Å². The smallest absolute Gasteiger partial charge is 0.317 e. The van der Waals surface area contributed by atoms with E-state index in [-0.39, 0.29) is 0 Å².